The molecule has 0 amide bonds. The zero-order valence-corrected chi connectivity index (χ0v) is 9.78. The minimum atomic E-state index is -0.716. The minimum Gasteiger partial charge on any atom is -0.481 e. The third-order valence-corrected chi connectivity index (χ3v) is 3.33. The van der Waals surface area contributed by atoms with Crippen LogP contribution in [-0.4, -0.2) is 16.1 Å². The number of carboxylic acids is 1. The predicted molar refractivity (Wildman–Crippen MR) is 68.2 cm³/mol. The maximum absolute atomic E-state index is 10.9. The van der Waals surface area contributed by atoms with Gasteiger partial charge in [0.25, 0.3) is 0 Å². The molecular weight excluding hydrogens is 226 g/mol. The summed E-state index contributed by atoms with van der Waals surface area (Å²) in [5.74, 6) is -0.874. The molecule has 1 fully saturated rings. The Kier molecular flexibility index (Phi) is 2.59. The molecule has 18 heavy (non-hydrogen) atoms. The maximum atomic E-state index is 10.9. The van der Waals surface area contributed by atoms with Crippen LogP contribution in [0.15, 0.2) is 48.5 Å². The first-order chi connectivity index (χ1) is 8.75. The monoisotopic (exact) mass is 239 g/mol. The Morgan fingerprint density at radius 1 is 1.11 bits per heavy atom. The highest BCUT2D eigenvalue weighted by Crippen LogP contribution is 2.47. The van der Waals surface area contributed by atoms with Crippen molar-refractivity contribution in [2.75, 3.05) is 0 Å². The summed E-state index contributed by atoms with van der Waals surface area (Å²) in [5, 5.41) is 8.94. The molecule has 0 aliphatic heterocycles. The van der Waals surface area contributed by atoms with Crippen molar-refractivity contribution < 1.29 is 9.90 Å². The van der Waals surface area contributed by atoms with Gasteiger partial charge in [-0.1, -0.05) is 36.4 Å². The van der Waals surface area contributed by atoms with E-state index in [9.17, 15) is 4.79 Å². The molecule has 3 nitrogen and oxygen atoms in total. The van der Waals surface area contributed by atoms with Crippen LogP contribution in [0.2, 0.25) is 0 Å². The highest BCUT2D eigenvalue weighted by Gasteiger charge is 2.45. The molecule has 2 atom stereocenters. The van der Waals surface area contributed by atoms with E-state index in [1.165, 1.54) is 0 Å². The smallest absolute Gasteiger partial charge is 0.307 e. The summed E-state index contributed by atoms with van der Waals surface area (Å²) >= 11 is 0. The lowest BCUT2D eigenvalue weighted by Gasteiger charge is -2.03. The molecule has 0 radical (unpaired) electrons. The molecule has 1 saturated carbocycles. The molecule has 1 aromatic carbocycles. The van der Waals surface area contributed by atoms with Crippen LogP contribution in [0.3, 0.4) is 0 Å². The number of hydrogen-bond acceptors (Lipinski definition) is 2. The Bertz CT molecular complexity index is 580. The largest absolute Gasteiger partial charge is 0.481 e. The van der Waals surface area contributed by atoms with Crippen molar-refractivity contribution in [2.45, 2.75) is 12.3 Å². The Labute approximate surface area is 105 Å². The highest BCUT2D eigenvalue weighted by molar-refractivity contribution is 5.75. The van der Waals surface area contributed by atoms with E-state index in [0.29, 0.717) is 6.42 Å². The van der Waals surface area contributed by atoms with Gasteiger partial charge in [-0.2, -0.15) is 0 Å². The normalized spacial score (nSPS) is 21.6. The van der Waals surface area contributed by atoms with Crippen molar-refractivity contribution in [1.82, 2.24) is 4.98 Å². The van der Waals surface area contributed by atoms with Gasteiger partial charge < -0.3 is 5.11 Å². The van der Waals surface area contributed by atoms with Gasteiger partial charge in [0, 0.05) is 17.2 Å². The fourth-order valence-corrected chi connectivity index (χ4v) is 2.22. The quantitative estimate of drug-likeness (QED) is 0.895. The molecule has 3 rings (SSSR count). The van der Waals surface area contributed by atoms with E-state index < -0.39 is 5.97 Å². The topological polar surface area (TPSA) is 50.2 Å². The van der Waals surface area contributed by atoms with Crippen LogP contribution in [0.5, 0.6) is 0 Å². The number of carbonyl (C=O) groups is 1. The molecule has 1 heterocycles. The second kappa shape index (κ2) is 4.26. The number of nitrogens with zero attached hydrogens (tertiary/aromatic N) is 1. The van der Waals surface area contributed by atoms with Crippen molar-refractivity contribution in [3.05, 3.63) is 54.2 Å². The fraction of sp³-hybridized carbons (Fsp3) is 0.200. The lowest BCUT2D eigenvalue weighted by atomic mass is 10.1. The van der Waals surface area contributed by atoms with Crippen LogP contribution in [0, 0.1) is 5.92 Å². The SMILES string of the molecule is O=C(O)[C@H]1C[C@H]1c1cccc(-c2ccccc2)n1. The molecule has 1 aliphatic rings. The standard InChI is InChI=1S/C15H13NO2/c17-15(18)12-9-11(12)14-8-4-7-13(16-14)10-5-2-1-3-6-10/h1-8,11-12H,9H2,(H,17,18)/t11-,12+/m1/s1. The number of aromatic nitrogens is 1. The zero-order chi connectivity index (χ0) is 12.5. The Morgan fingerprint density at radius 2 is 1.89 bits per heavy atom. The van der Waals surface area contributed by atoms with E-state index in [0.717, 1.165) is 17.0 Å². The van der Waals surface area contributed by atoms with Crippen LogP contribution >= 0.6 is 0 Å². The first-order valence-corrected chi connectivity index (χ1v) is 6.01. The Hall–Kier alpha value is -2.16. The van der Waals surface area contributed by atoms with E-state index in [4.69, 9.17) is 5.11 Å². The van der Waals surface area contributed by atoms with Gasteiger partial charge in [0.1, 0.15) is 0 Å². The number of benzene rings is 1. The molecule has 1 N–H and O–H groups in total. The van der Waals surface area contributed by atoms with Gasteiger partial charge in [-0.3, -0.25) is 9.78 Å². The van der Waals surface area contributed by atoms with Crippen LogP contribution in [0.25, 0.3) is 11.3 Å². The average Bonchev–Trinajstić information content (AvgIpc) is 3.20. The number of aliphatic carboxylic acids is 1. The summed E-state index contributed by atoms with van der Waals surface area (Å²) in [5.41, 5.74) is 2.86. The molecule has 1 aromatic heterocycles. The summed E-state index contributed by atoms with van der Waals surface area (Å²) in [4.78, 5) is 15.4. The lowest BCUT2D eigenvalue weighted by molar-refractivity contribution is -0.138. The number of pyridine rings is 1. The van der Waals surface area contributed by atoms with E-state index in [1.54, 1.807) is 0 Å². The average molecular weight is 239 g/mol. The van der Waals surface area contributed by atoms with Gasteiger partial charge in [0.05, 0.1) is 11.6 Å². The van der Waals surface area contributed by atoms with E-state index in [1.807, 2.05) is 48.5 Å². The van der Waals surface area contributed by atoms with Gasteiger partial charge in [-0.25, -0.2) is 0 Å². The molecule has 0 unspecified atom stereocenters. The number of rotatable bonds is 3. The van der Waals surface area contributed by atoms with Gasteiger partial charge in [0.15, 0.2) is 0 Å². The molecule has 3 heteroatoms. The second-order valence-electron chi connectivity index (χ2n) is 4.60. The lowest BCUT2D eigenvalue weighted by Crippen LogP contribution is -2.00. The molecule has 1 aliphatic carbocycles. The summed E-state index contributed by atoms with van der Waals surface area (Å²) in [6.45, 7) is 0. The van der Waals surface area contributed by atoms with Crippen molar-refractivity contribution in [3.8, 4) is 11.3 Å². The zero-order valence-electron chi connectivity index (χ0n) is 9.78. The van der Waals surface area contributed by atoms with Crippen molar-refractivity contribution in [2.24, 2.45) is 5.92 Å². The maximum Gasteiger partial charge on any atom is 0.307 e. The minimum absolute atomic E-state index is 0.0890. The van der Waals surface area contributed by atoms with Gasteiger partial charge in [-0.15, -0.1) is 0 Å². The molecule has 0 saturated heterocycles. The number of hydrogen-bond donors (Lipinski definition) is 1. The Balaban J connectivity index is 1.89. The third kappa shape index (κ3) is 1.99. The molecule has 2 aromatic rings. The van der Waals surface area contributed by atoms with Crippen LogP contribution < -0.4 is 0 Å². The first kappa shape index (κ1) is 11.0. The van der Waals surface area contributed by atoms with E-state index in [-0.39, 0.29) is 11.8 Å². The second-order valence-corrected chi connectivity index (χ2v) is 4.60. The third-order valence-electron chi connectivity index (χ3n) is 3.33. The van der Waals surface area contributed by atoms with Gasteiger partial charge in [0.2, 0.25) is 0 Å². The Morgan fingerprint density at radius 3 is 2.56 bits per heavy atom. The summed E-state index contributed by atoms with van der Waals surface area (Å²) in [6, 6.07) is 15.7. The fourth-order valence-electron chi connectivity index (χ4n) is 2.22. The van der Waals surface area contributed by atoms with E-state index >= 15 is 0 Å². The molecule has 0 bridgehead atoms. The summed E-state index contributed by atoms with van der Waals surface area (Å²) < 4.78 is 0. The van der Waals surface area contributed by atoms with Crippen LogP contribution in [-0.2, 0) is 4.79 Å². The van der Waals surface area contributed by atoms with Crippen LogP contribution in [0.1, 0.15) is 18.0 Å². The highest BCUT2D eigenvalue weighted by atomic mass is 16.4. The van der Waals surface area contributed by atoms with Crippen molar-refractivity contribution >= 4 is 5.97 Å². The van der Waals surface area contributed by atoms with Gasteiger partial charge >= 0.3 is 5.97 Å². The summed E-state index contributed by atoms with van der Waals surface area (Å²) in [6.07, 6.45) is 0.709. The predicted octanol–water partition coefficient (Wildman–Crippen LogP) is 2.94. The van der Waals surface area contributed by atoms with Gasteiger partial charge in [-0.05, 0) is 18.6 Å². The van der Waals surface area contributed by atoms with E-state index in [2.05, 4.69) is 4.98 Å². The van der Waals surface area contributed by atoms with Crippen LogP contribution in [0.4, 0.5) is 0 Å². The summed E-state index contributed by atoms with van der Waals surface area (Å²) in [7, 11) is 0. The number of carboxylic acid groups (broad SMARTS) is 1. The molecule has 90 valence electrons. The first-order valence-electron chi connectivity index (χ1n) is 6.01. The van der Waals surface area contributed by atoms with Crippen molar-refractivity contribution in [3.63, 3.8) is 0 Å². The molecule has 0 spiro atoms. The molecular formula is C15H13NO2. The van der Waals surface area contributed by atoms with Crippen molar-refractivity contribution in [1.29, 1.82) is 0 Å².